The van der Waals surface area contributed by atoms with Gasteiger partial charge in [-0.2, -0.15) is 0 Å². The van der Waals surface area contributed by atoms with Gasteiger partial charge in [0.15, 0.2) is 5.69 Å². The number of rotatable bonds is 2. The van der Waals surface area contributed by atoms with Gasteiger partial charge in [0.2, 0.25) is 0 Å². The normalized spacial score (nSPS) is 17.6. The zero-order valence-corrected chi connectivity index (χ0v) is 13.4. The molecule has 3 aromatic rings. The van der Waals surface area contributed by atoms with Gasteiger partial charge in [-0.15, -0.1) is 5.10 Å². The third kappa shape index (κ3) is 2.33. The highest BCUT2D eigenvalue weighted by Gasteiger charge is 2.28. The molecule has 24 heavy (non-hydrogen) atoms. The minimum absolute atomic E-state index is 0.0477. The second kappa shape index (κ2) is 5.68. The molecule has 7 heteroatoms. The Morgan fingerprint density at radius 1 is 1.29 bits per heavy atom. The van der Waals surface area contributed by atoms with E-state index in [1.54, 1.807) is 15.8 Å². The minimum atomic E-state index is -0.111. The molecule has 1 fully saturated rings. The number of fused-ring (bicyclic) bond motifs is 1. The van der Waals surface area contributed by atoms with Gasteiger partial charge >= 0.3 is 0 Å². The lowest BCUT2D eigenvalue weighted by Crippen LogP contribution is -2.32. The fraction of sp³-hybridized carbons (Fsp3) is 0.294. The lowest BCUT2D eigenvalue weighted by atomic mass is 10.2. The van der Waals surface area contributed by atoms with E-state index < -0.39 is 0 Å². The summed E-state index contributed by atoms with van der Waals surface area (Å²) in [6.07, 6.45) is 2.57. The van der Waals surface area contributed by atoms with E-state index in [4.69, 9.17) is 5.73 Å². The first-order valence-corrected chi connectivity index (χ1v) is 7.96. The molecular weight excluding hydrogens is 304 g/mol. The molecule has 7 nitrogen and oxygen atoms in total. The van der Waals surface area contributed by atoms with Gasteiger partial charge in [0.1, 0.15) is 0 Å². The summed E-state index contributed by atoms with van der Waals surface area (Å²) in [5.41, 5.74) is 8.62. The largest absolute Gasteiger partial charge is 0.336 e. The quantitative estimate of drug-likeness (QED) is 0.768. The van der Waals surface area contributed by atoms with E-state index in [-0.39, 0.29) is 11.9 Å². The Balaban J connectivity index is 1.75. The van der Waals surface area contributed by atoms with Gasteiger partial charge in [-0.1, -0.05) is 23.4 Å². The summed E-state index contributed by atoms with van der Waals surface area (Å²) in [7, 11) is 0. The molecule has 0 unspecified atom stereocenters. The molecule has 1 aliphatic rings. The predicted molar refractivity (Wildman–Crippen MR) is 89.9 cm³/mol. The van der Waals surface area contributed by atoms with Crippen LogP contribution in [0, 0.1) is 6.92 Å². The van der Waals surface area contributed by atoms with Crippen molar-refractivity contribution in [3.8, 4) is 5.69 Å². The second-order valence-corrected chi connectivity index (χ2v) is 6.09. The van der Waals surface area contributed by atoms with Crippen LogP contribution >= 0.6 is 0 Å². The topological polar surface area (TPSA) is 89.9 Å². The molecular formula is C17H18N6O. The molecule has 0 aliphatic carbocycles. The van der Waals surface area contributed by atoms with Crippen LogP contribution in [0.2, 0.25) is 0 Å². The van der Waals surface area contributed by atoms with E-state index in [2.05, 4.69) is 15.3 Å². The summed E-state index contributed by atoms with van der Waals surface area (Å²) in [5.74, 6) is -0.111. The number of para-hydroxylation sites is 1. The van der Waals surface area contributed by atoms with Crippen molar-refractivity contribution >= 4 is 16.8 Å². The van der Waals surface area contributed by atoms with Crippen LogP contribution in [0.25, 0.3) is 16.6 Å². The number of aromatic nitrogens is 4. The Labute approximate surface area is 139 Å². The Morgan fingerprint density at radius 2 is 2.12 bits per heavy atom. The van der Waals surface area contributed by atoms with E-state index in [9.17, 15) is 4.79 Å². The fourth-order valence-corrected chi connectivity index (χ4v) is 3.14. The fourth-order valence-electron chi connectivity index (χ4n) is 3.14. The third-order valence-corrected chi connectivity index (χ3v) is 4.45. The highest BCUT2D eigenvalue weighted by atomic mass is 16.2. The molecule has 4 rings (SSSR count). The van der Waals surface area contributed by atoms with E-state index in [1.807, 2.05) is 37.3 Å². The van der Waals surface area contributed by atoms with Crippen LogP contribution in [0.3, 0.4) is 0 Å². The summed E-state index contributed by atoms with van der Waals surface area (Å²) in [4.78, 5) is 18.8. The number of nitrogens with zero attached hydrogens (tertiary/aromatic N) is 5. The zero-order chi connectivity index (χ0) is 16.7. The van der Waals surface area contributed by atoms with Gasteiger partial charge in [0, 0.05) is 30.7 Å². The Kier molecular flexibility index (Phi) is 3.50. The summed E-state index contributed by atoms with van der Waals surface area (Å²) in [5, 5.41) is 9.33. The highest BCUT2D eigenvalue weighted by molar-refractivity contribution is 5.94. The van der Waals surface area contributed by atoms with Crippen molar-refractivity contribution in [3.63, 3.8) is 0 Å². The maximum absolute atomic E-state index is 12.7. The molecule has 0 spiro atoms. The van der Waals surface area contributed by atoms with Crippen molar-refractivity contribution in [2.24, 2.45) is 5.73 Å². The van der Waals surface area contributed by atoms with Crippen LogP contribution in [0.1, 0.15) is 22.6 Å². The molecule has 3 heterocycles. The van der Waals surface area contributed by atoms with Crippen LogP contribution < -0.4 is 5.73 Å². The van der Waals surface area contributed by atoms with Gasteiger partial charge in [0.05, 0.1) is 16.9 Å². The van der Waals surface area contributed by atoms with Gasteiger partial charge < -0.3 is 10.6 Å². The van der Waals surface area contributed by atoms with Crippen LogP contribution in [-0.2, 0) is 0 Å². The van der Waals surface area contributed by atoms with Crippen molar-refractivity contribution in [2.45, 2.75) is 19.4 Å². The average molecular weight is 322 g/mol. The van der Waals surface area contributed by atoms with Crippen LogP contribution in [0.5, 0.6) is 0 Å². The number of nitrogens with two attached hydrogens (primary N) is 1. The van der Waals surface area contributed by atoms with E-state index >= 15 is 0 Å². The summed E-state index contributed by atoms with van der Waals surface area (Å²) >= 11 is 0. The van der Waals surface area contributed by atoms with Crippen LogP contribution in [0.4, 0.5) is 0 Å². The van der Waals surface area contributed by atoms with E-state index in [1.165, 1.54) is 0 Å². The SMILES string of the molecule is Cc1c(C(=O)N2CC[C@@H](N)C2)nnn1-c1cccc2cccnc12. The van der Waals surface area contributed by atoms with E-state index in [0.717, 1.165) is 23.0 Å². The van der Waals surface area contributed by atoms with Gasteiger partial charge in [-0.25, -0.2) is 4.68 Å². The first kappa shape index (κ1) is 14.8. The molecule has 1 amide bonds. The Morgan fingerprint density at radius 3 is 2.92 bits per heavy atom. The molecule has 1 aliphatic heterocycles. The minimum Gasteiger partial charge on any atom is -0.336 e. The number of pyridine rings is 1. The number of hydrogen-bond acceptors (Lipinski definition) is 5. The lowest BCUT2D eigenvalue weighted by Gasteiger charge is -2.14. The number of likely N-dealkylation sites (tertiary alicyclic amines) is 1. The van der Waals surface area contributed by atoms with Crippen molar-refractivity contribution in [1.82, 2.24) is 24.9 Å². The molecule has 1 saturated heterocycles. The highest BCUT2D eigenvalue weighted by Crippen LogP contribution is 2.22. The number of hydrogen-bond donors (Lipinski definition) is 1. The van der Waals surface area contributed by atoms with Crippen molar-refractivity contribution in [2.75, 3.05) is 13.1 Å². The Hall–Kier alpha value is -2.80. The van der Waals surface area contributed by atoms with Gasteiger partial charge in [-0.3, -0.25) is 9.78 Å². The molecule has 0 radical (unpaired) electrons. The molecule has 0 saturated carbocycles. The third-order valence-electron chi connectivity index (χ3n) is 4.45. The molecule has 122 valence electrons. The molecule has 1 aromatic carbocycles. The van der Waals surface area contributed by atoms with E-state index in [0.29, 0.717) is 24.5 Å². The molecule has 1 atom stereocenters. The van der Waals surface area contributed by atoms with Crippen molar-refractivity contribution < 1.29 is 4.79 Å². The Bertz CT molecular complexity index is 913. The molecule has 2 aromatic heterocycles. The molecule has 0 bridgehead atoms. The van der Waals surface area contributed by atoms with Crippen LogP contribution in [0.15, 0.2) is 36.5 Å². The molecule has 2 N–H and O–H groups in total. The second-order valence-electron chi connectivity index (χ2n) is 6.09. The summed E-state index contributed by atoms with van der Waals surface area (Å²) in [6, 6.07) is 9.81. The predicted octanol–water partition coefficient (Wildman–Crippen LogP) is 1.30. The maximum Gasteiger partial charge on any atom is 0.276 e. The maximum atomic E-state index is 12.7. The summed E-state index contributed by atoms with van der Waals surface area (Å²) in [6.45, 7) is 3.09. The summed E-state index contributed by atoms with van der Waals surface area (Å²) < 4.78 is 1.68. The van der Waals surface area contributed by atoms with Crippen molar-refractivity contribution in [1.29, 1.82) is 0 Å². The number of carbonyl (C=O) groups is 1. The van der Waals surface area contributed by atoms with Gasteiger partial charge in [-0.05, 0) is 25.5 Å². The average Bonchev–Trinajstić information content (AvgIpc) is 3.20. The monoisotopic (exact) mass is 322 g/mol. The number of benzene rings is 1. The number of carbonyl (C=O) groups excluding carboxylic acids is 1. The smallest absolute Gasteiger partial charge is 0.276 e. The van der Waals surface area contributed by atoms with Gasteiger partial charge in [0.25, 0.3) is 5.91 Å². The van der Waals surface area contributed by atoms with Crippen LogP contribution in [-0.4, -0.2) is 49.9 Å². The first-order chi connectivity index (χ1) is 11.6. The standard InChI is InChI=1S/C17H18N6O/c1-11-15(17(24)22-9-7-13(18)10-22)20-21-23(11)14-6-2-4-12-5-3-8-19-16(12)14/h2-6,8,13H,7,9-10,18H2,1H3/t13-/m1/s1. The zero-order valence-electron chi connectivity index (χ0n) is 13.4. The number of amides is 1. The van der Waals surface area contributed by atoms with Crippen molar-refractivity contribution in [3.05, 3.63) is 47.9 Å². The lowest BCUT2D eigenvalue weighted by molar-refractivity contribution is 0.0784. The first-order valence-electron chi connectivity index (χ1n) is 7.96.